The number of halogens is 2. The molecular weight excluding hydrogens is 373 g/mol. The van der Waals surface area contributed by atoms with Gasteiger partial charge in [-0.15, -0.1) is 0 Å². The van der Waals surface area contributed by atoms with Gasteiger partial charge in [0.25, 0.3) is 0 Å². The molecule has 142 valence electrons. The minimum atomic E-state index is -0.576. The third-order valence-corrected chi connectivity index (χ3v) is 6.03. The van der Waals surface area contributed by atoms with Crippen LogP contribution in [0.3, 0.4) is 0 Å². The smallest absolute Gasteiger partial charge is 0.170 e. The number of ether oxygens (including phenoxy) is 1. The lowest BCUT2D eigenvalue weighted by molar-refractivity contribution is -0.208. The highest BCUT2D eigenvalue weighted by molar-refractivity contribution is 6.30. The third kappa shape index (κ3) is 3.50. The highest BCUT2D eigenvalue weighted by Crippen LogP contribution is 2.75. The molecule has 0 radical (unpaired) electrons. The van der Waals surface area contributed by atoms with Gasteiger partial charge in [-0.25, -0.2) is 4.39 Å². The van der Waals surface area contributed by atoms with E-state index < -0.39 is 5.82 Å². The van der Waals surface area contributed by atoms with Gasteiger partial charge in [0.2, 0.25) is 0 Å². The molecule has 3 aliphatic rings. The van der Waals surface area contributed by atoms with Crippen molar-refractivity contribution in [3.05, 3.63) is 47.1 Å². The van der Waals surface area contributed by atoms with E-state index in [0.29, 0.717) is 19.3 Å². The highest BCUT2D eigenvalue weighted by Gasteiger charge is 2.70. The minimum Gasteiger partial charge on any atom is -0.486 e. The van der Waals surface area contributed by atoms with E-state index in [2.05, 4.69) is 5.16 Å². The van der Waals surface area contributed by atoms with E-state index in [0.717, 1.165) is 24.8 Å². The molecule has 3 fully saturated rings. The topological polar surface area (TPSA) is 69.4 Å². The van der Waals surface area contributed by atoms with Crippen molar-refractivity contribution in [1.82, 2.24) is 5.16 Å². The van der Waals surface area contributed by atoms with Crippen LogP contribution < -0.4 is 4.74 Å². The largest absolute Gasteiger partial charge is 0.486 e. The Morgan fingerprint density at radius 2 is 2.07 bits per heavy atom. The number of hydrogen-bond donors (Lipinski definition) is 0. The molecule has 1 aromatic carbocycles. The van der Waals surface area contributed by atoms with Crippen LogP contribution in [0.4, 0.5) is 4.39 Å². The minimum absolute atomic E-state index is 0.0153. The van der Waals surface area contributed by atoms with Gasteiger partial charge in [-0.1, -0.05) is 16.8 Å². The Hall–Kier alpha value is -2.21. The van der Waals surface area contributed by atoms with Crippen LogP contribution in [-0.4, -0.2) is 23.3 Å². The van der Waals surface area contributed by atoms with Crippen LogP contribution in [0.5, 0.6) is 5.75 Å². The molecule has 0 atom stereocenters. The Bertz CT molecular complexity index is 860. The summed E-state index contributed by atoms with van der Waals surface area (Å²) >= 11 is 5.62. The van der Waals surface area contributed by atoms with Gasteiger partial charge in [0, 0.05) is 29.9 Å². The van der Waals surface area contributed by atoms with Crippen LogP contribution in [-0.2, 0) is 16.0 Å². The van der Waals surface area contributed by atoms with Crippen molar-refractivity contribution in [2.75, 3.05) is 6.61 Å². The monoisotopic (exact) mass is 391 g/mol. The molecular formula is C20H19ClFNO4. The van der Waals surface area contributed by atoms with E-state index in [1.165, 1.54) is 18.2 Å². The predicted octanol–water partition coefficient (Wildman–Crippen LogP) is 4.18. The van der Waals surface area contributed by atoms with E-state index in [4.69, 9.17) is 20.9 Å². The zero-order valence-electron chi connectivity index (χ0n) is 14.7. The summed E-state index contributed by atoms with van der Waals surface area (Å²) in [6.45, 7) is -0.0999. The first-order chi connectivity index (χ1) is 12.9. The first-order valence-electron chi connectivity index (χ1n) is 8.91. The molecule has 0 N–H and O–H groups in total. The Labute approximate surface area is 160 Å². The van der Waals surface area contributed by atoms with Crippen molar-refractivity contribution >= 4 is 23.2 Å². The Kier molecular flexibility index (Phi) is 4.54. The molecule has 0 spiro atoms. The fraction of sp³-hybridized carbons (Fsp3) is 0.450. The quantitative estimate of drug-likeness (QED) is 0.641. The van der Waals surface area contributed by atoms with E-state index in [-0.39, 0.29) is 39.8 Å². The van der Waals surface area contributed by atoms with Crippen LogP contribution in [0, 0.1) is 16.6 Å². The molecule has 0 amide bonds. The first kappa shape index (κ1) is 18.2. The van der Waals surface area contributed by atoms with E-state index >= 15 is 0 Å². The number of aryl methyl sites for hydroxylation is 1. The van der Waals surface area contributed by atoms with Crippen LogP contribution >= 0.6 is 11.6 Å². The standard InChI is InChI=1S/C20H19ClFNO4/c21-16-3-2-15(5-17(16)22)26-9-14(24)6-19-10-20(11-19,12-19)18(25)4-1-13-7-23-27-8-13/h2-3,5,7-8H,1,4,6,9-12H2. The molecule has 5 rings (SSSR count). The fourth-order valence-electron chi connectivity index (χ4n) is 4.55. The van der Waals surface area contributed by atoms with Crippen molar-refractivity contribution in [1.29, 1.82) is 0 Å². The Morgan fingerprint density at radius 1 is 1.30 bits per heavy atom. The first-order valence-corrected chi connectivity index (χ1v) is 9.29. The lowest BCUT2D eigenvalue weighted by atomic mass is 9.33. The molecule has 3 aliphatic carbocycles. The van der Waals surface area contributed by atoms with E-state index in [1.807, 2.05) is 0 Å². The highest BCUT2D eigenvalue weighted by atomic mass is 35.5. The summed E-state index contributed by atoms with van der Waals surface area (Å²) in [5.74, 6) is -0.0579. The molecule has 7 heteroatoms. The van der Waals surface area contributed by atoms with Crippen molar-refractivity contribution in [3.8, 4) is 5.75 Å². The molecule has 1 heterocycles. The van der Waals surface area contributed by atoms with Crippen LogP contribution in [0.2, 0.25) is 5.02 Å². The number of carbonyl (C=O) groups excluding carboxylic acids is 2. The average molecular weight is 392 g/mol. The van der Waals surface area contributed by atoms with Crippen molar-refractivity contribution < 1.29 is 23.2 Å². The molecule has 2 bridgehead atoms. The SMILES string of the molecule is O=C(COc1ccc(Cl)c(F)c1)CC12CC(C(=O)CCc3cnoc3)(C1)C2. The van der Waals surface area contributed by atoms with Gasteiger partial charge >= 0.3 is 0 Å². The van der Waals surface area contributed by atoms with Crippen molar-refractivity contribution in [3.63, 3.8) is 0 Å². The van der Waals surface area contributed by atoms with Crippen molar-refractivity contribution in [2.24, 2.45) is 10.8 Å². The average Bonchev–Trinajstić information content (AvgIpc) is 3.09. The number of carbonyl (C=O) groups is 2. The number of benzene rings is 1. The summed E-state index contributed by atoms with van der Waals surface area (Å²) in [4.78, 5) is 24.7. The summed E-state index contributed by atoms with van der Waals surface area (Å²) in [7, 11) is 0. The molecule has 3 saturated carbocycles. The van der Waals surface area contributed by atoms with Crippen LogP contribution in [0.25, 0.3) is 0 Å². The summed E-state index contributed by atoms with van der Waals surface area (Å²) in [5, 5.41) is 3.65. The lowest BCUT2D eigenvalue weighted by Crippen LogP contribution is -2.65. The second-order valence-electron chi connectivity index (χ2n) is 7.85. The normalized spacial score (nSPS) is 25.4. The summed E-state index contributed by atoms with van der Waals surface area (Å²) in [6.07, 6.45) is 7.06. The Balaban J connectivity index is 1.21. The summed E-state index contributed by atoms with van der Waals surface area (Å²) in [6, 6.07) is 4.09. The molecule has 0 aliphatic heterocycles. The molecule has 1 aromatic heterocycles. The fourth-order valence-corrected chi connectivity index (χ4v) is 4.67. The van der Waals surface area contributed by atoms with E-state index in [1.54, 1.807) is 12.5 Å². The zero-order chi connectivity index (χ0) is 19.1. The number of ketones is 2. The number of hydrogen-bond acceptors (Lipinski definition) is 5. The van der Waals surface area contributed by atoms with Crippen LogP contribution in [0.15, 0.2) is 35.2 Å². The molecule has 0 unspecified atom stereocenters. The number of aromatic nitrogens is 1. The van der Waals surface area contributed by atoms with Gasteiger partial charge in [-0.05, 0) is 43.2 Å². The molecule has 0 saturated heterocycles. The maximum absolute atomic E-state index is 13.4. The van der Waals surface area contributed by atoms with Crippen molar-refractivity contribution in [2.45, 2.75) is 38.5 Å². The molecule has 27 heavy (non-hydrogen) atoms. The van der Waals surface area contributed by atoms with Gasteiger partial charge < -0.3 is 9.26 Å². The van der Waals surface area contributed by atoms with Gasteiger partial charge in [0.15, 0.2) is 5.78 Å². The number of rotatable bonds is 9. The summed E-state index contributed by atoms with van der Waals surface area (Å²) in [5.41, 5.74) is 0.659. The number of nitrogens with zero attached hydrogens (tertiary/aromatic N) is 1. The van der Waals surface area contributed by atoms with E-state index in [9.17, 15) is 14.0 Å². The molecule has 2 aromatic rings. The second kappa shape index (κ2) is 6.75. The van der Waals surface area contributed by atoms with Gasteiger partial charge in [0.05, 0.1) is 11.2 Å². The maximum Gasteiger partial charge on any atom is 0.170 e. The predicted molar refractivity (Wildman–Crippen MR) is 95.1 cm³/mol. The Morgan fingerprint density at radius 3 is 2.74 bits per heavy atom. The van der Waals surface area contributed by atoms with Gasteiger partial charge in [-0.2, -0.15) is 0 Å². The molecule has 5 nitrogen and oxygen atoms in total. The summed E-state index contributed by atoms with van der Waals surface area (Å²) < 4.78 is 23.5. The third-order valence-electron chi connectivity index (χ3n) is 5.72. The second-order valence-corrected chi connectivity index (χ2v) is 8.25. The van der Waals surface area contributed by atoms with Crippen LogP contribution in [0.1, 0.15) is 37.7 Å². The lowest BCUT2D eigenvalue weighted by Gasteiger charge is -2.70. The zero-order valence-corrected chi connectivity index (χ0v) is 15.4. The maximum atomic E-state index is 13.4. The number of Topliss-reactive ketones (excluding diaryl/α,β-unsaturated/α-hetero) is 2. The van der Waals surface area contributed by atoms with Gasteiger partial charge in [-0.3, -0.25) is 9.59 Å². The van der Waals surface area contributed by atoms with Gasteiger partial charge in [0.1, 0.15) is 30.2 Å².